The number of halogens is 1. The molecule has 0 aliphatic rings. The van der Waals surface area contributed by atoms with Crippen molar-refractivity contribution in [2.24, 2.45) is 0 Å². The van der Waals surface area contributed by atoms with Crippen LogP contribution >= 0.6 is 0 Å². The van der Waals surface area contributed by atoms with Crippen molar-refractivity contribution in [2.75, 3.05) is 18.5 Å². The Hall–Kier alpha value is -3.91. The number of benzene rings is 3. The molecule has 8 heteroatoms. The molecule has 0 aliphatic carbocycles. The van der Waals surface area contributed by atoms with E-state index in [1.807, 2.05) is 20.8 Å². The smallest absolute Gasteiger partial charge is 0.397 e. The van der Waals surface area contributed by atoms with E-state index < -0.39 is 11.9 Å². The summed E-state index contributed by atoms with van der Waals surface area (Å²) in [5, 5.41) is 13.0. The van der Waals surface area contributed by atoms with Gasteiger partial charge in [0.15, 0.2) is 0 Å². The largest absolute Gasteiger partial charge is 0.508 e. The molecule has 0 heterocycles. The summed E-state index contributed by atoms with van der Waals surface area (Å²) in [6.07, 6.45) is 0. The number of carbonyl (C=O) groups is 2. The van der Waals surface area contributed by atoms with E-state index in [2.05, 4.69) is 10.2 Å². The Balaban J connectivity index is 1.74. The van der Waals surface area contributed by atoms with Crippen LogP contribution in [0.3, 0.4) is 0 Å². The van der Waals surface area contributed by atoms with E-state index >= 15 is 0 Å². The molecule has 1 amide bonds. The molecule has 0 spiro atoms. The quantitative estimate of drug-likeness (QED) is 0.303. The Morgan fingerprint density at radius 1 is 0.972 bits per heavy atom. The van der Waals surface area contributed by atoms with E-state index in [0.717, 1.165) is 23.2 Å². The molecular weight excluding hydrogens is 463 g/mol. The van der Waals surface area contributed by atoms with Crippen molar-refractivity contribution in [1.82, 2.24) is 4.90 Å². The van der Waals surface area contributed by atoms with Crippen molar-refractivity contribution in [2.45, 2.75) is 40.8 Å². The van der Waals surface area contributed by atoms with E-state index in [-0.39, 0.29) is 18.2 Å². The van der Waals surface area contributed by atoms with Crippen molar-refractivity contribution < 1.29 is 28.6 Å². The minimum Gasteiger partial charge on any atom is -0.508 e. The predicted molar refractivity (Wildman–Crippen MR) is 136 cm³/mol. The first kappa shape index (κ1) is 26.7. The summed E-state index contributed by atoms with van der Waals surface area (Å²) in [5.41, 5.74) is 3.66. The lowest BCUT2D eigenvalue weighted by Gasteiger charge is -2.22. The van der Waals surface area contributed by atoms with Crippen LogP contribution in [0.15, 0.2) is 54.6 Å². The summed E-state index contributed by atoms with van der Waals surface area (Å²) in [7, 11) is 0. The lowest BCUT2D eigenvalue weighted by molar-refractivity contribution is -0.152. The number of carbonyl (C=O) groups excluding carboxylic acids is 2. The molecule has 0 saturated heterocycles. The Morgan fingerprint density at radius 2 is 1.64 bits per heavy atom. The van der Waals surface area contributed by atoms with Gasteiger partial charge in [-0.25, -0.2) is 9.18 Å². The van der Waals surface area contributed by atoms with Crippen LogP contribution in [0, 0.1) is 19.7 Å². The second-order valence-electron chi connectivity index (χ2n) is 8.44. The number of anilines is 1. The van der Waals surface area contributed by atoms with Crippen LogP contribution in [0.5, 0.6) is 17.2 Å². The number of ether oxygens (including phenoxy) is 2. The lowest BCUT2D eigenvalue weighted by atomic mass is 10.1. The van der Waals surface area contributed by atoms with Crippen LogP contribution in [-0.4, -0.2) is 35.0 Å². The summed E-state index contributed by atoms with van der Waals surface area (Å²) in [6, 6.07) is 14.9. The van der Waals surface area contributed by atoms with E-state index in [4.69, 9.17) is 9.47 Å². The molecule has 2 N–H and O–H groups in total. The maximum absolute atomic E-state index is 13.2. The zero-order valence-corrected chi connectivity index (χ0v) is 20.9. The Kier molecular flexibility index (Phi) is 9.02. The molecule has 0 aromatic heterocycles. The molecule has 0 radical (unpaired) electrons. The Labute approximate surface area is 210 Å². The molecule has 0 atom stereocenters. The molecule has 3 aromatic carbocycles. The van der Waals surface area contributed by atoms with Gasteiger partial charge in [0, 0.05) is 24.3 Å². The molecule has 36 heavy (non-hydrogen) atoms. The van der Waals surface area contributed by atoms with Crippen molar-refractivity contribution in [3.05, 3.63) is 82.7 Å². The molecule has 0 saturated carbocycles. The maximum Gasteiger partial charge on any atom is 0.397 e. The van der Waals surface area contributed by atoms with Crippen LogP contribution in [-0.2, 0) is 27.4 Å². The summed E-state index contributed by atoms with van der Waals surface area (Å²) >= 11 is 0. The van der Waals surface area contributed by atoms with Crippen LogP contribution in [0.2, 0.25) is 0 Å². The van der Waals surface area contributed by atoms with Gasteiger partial charge in [-0.05, 0) is 86.5 Å². The van der Waals surface area contributed by atoms with Gasteiger partial charge in [-0.3, -0.25) is 9.69 Å². The second kappa shape index (κ2) is 12.2. The number of aromatic hydroxyl groups is 1. The molecule has 0 unspecified atom stereocenters. The van der Waals surface area contributed by atoms with Gasteiger partial charge >= 0.3 is 11.9 Å². The summed E-state index contributed by atoms with van der Waals surface area (Å²) < 4.78 is 24.1. The Bertz CT molecular complexity index is 1200. The standard InChI is InChI=1S/C28H31FN2O5/c1-5-31(16-20-7-9-22(29)10-8-20)17-21-15-24(11-12-25(21)32)36-26-18(3)13-23(14-19(26)4)30-27(33)28(34)35-6-2/h7-15,32H,5-6,16-17H2,1-4H3,(H,30,33). The molecule has 190 valence electrons. The monoisotopic (exact) mass is 494 g/mol. The highest BCUT2D eigenvalue weighted by Gasteiger charge is 2.17. The first-order valence-electron chi connectivity index (χ1n) is 11.8. The number of aryl methyl sites for hydroxylation is 2. The number of hydrogen-bond donors (Lipinski definition) is 2. The van der Waals surface area contributed by atoms with E-state index in [1.165, 1.54) is 12.1 Å². The number of amides is 1. The van der Waals surface area contributed by atoms with Crippen LogP contribution in [0.4, 0.5) is 10.1 Å². The van der Waals surface area contributed by atoms with Gasteiger partial charge in [0.1, 0.15) is 23.1 Å². The number of phenols is 1. The summed E-state index contributed by atoms with van der Waals surface area (Å²) in [5.74, 6) is -0.733. The molecule has 3 rings (SSSR count). The normalized spacial score (nSPS) is 10.8. The minimum absolute atomic E-state index is 0.119. The number of nitrogens with zero attached hydrogens (tertiary/aromatic N) is 1. The molecular formula is C28H31FN2O5. The van der Waals surface area contributed by atoms with Gasteiger partial charge in [0.2, 0.25) is 0 Å². The number of nitrogens with one attached hydrogen (secondary N) is 1. The van der Waals surface area contributed by atoms with Gasteiger partial charge in [-0.2, -0.15) is 0 Å². The van der Waals surface area contributed by atoms with Gasteiger partial charge in [-0.1, -0.05) is 19.1 Å². The van der Waals surface area contributed by atoms with E-state index in [0.29, 0.717) is 35.8 Å². The zero-order valence-electron chi connectivity index (χ0n) is 20.9. The second-order valence-corrected chi connectivity index (χ2v) is 8.44. The van der Waals surface area contributed by atoms with Gasteiger partial charge in [-0.15, -0.1) is 0 Å². The fourth-order valence-corrected chi connectivity index (χ4v) is 3.80. The molecule has 0 bridgehead atoms. The van der Waals surface area contributed by atoms with Crippen molar-refractivity contribution in [1.29, 1.82) is 0 Å². The fraction of sp³-hybridized carbons (Fsp3) is 0.286. The first-order chi connectivity index (χ1) is 17.2. The minimum atomic E-state index is -0.940. The Morgan fingerprint density at radius 3 is 2.25 bits per heavy atom. The van der Waals surface area contributed by atoms with E-state index in [1.54, 1.807) is 49.4 Å². The SMILES string of the molecule is CCOC(=O)C(=O)Nc1cc(C)c(Oc2ccc(O)c(CN(CC)Cc3ccc(F)cc3)c2)c(C)c1. The number of phenolic OH excluding ortho intramolecular Hbond substituents is 1. The topological polar surface area (TPSA) is 88.1 Å². The molecule has 3 aromatic rings. The molecule has 0 fully saturated rings. The van der Waals surface area contributed by atoms with Crippen LogP contribution in [0.25, 0.3) is 0 Å². The average molecular weight is 495 g/mol. The third-order valence-corrected chi connectivity index (χ3v) is 5.61. The average Bonchev–Trinajstić information content (AvgIpc) is 2.84. The number of hydrogen-bond acceptors (Lipinski definition) is 6. The highest BCUT2D eigenvalue weighted by atomic mass is 19.1. The highest BCUT2D eigenvalue weighted by molar-refractivity contribution is 6.37. The van der Waals surface area contributed by atoms with Gasteiger partial charge in [0.25, 0.3) is 0 Å². The zero-order chi connectivity index (χ0) is 26.2. The third kappa shape index (κ3) is 7.05. The predicted octanol–water partition coefficient (Wildman–Crippen LogP) is 5.46. The first-order valence-corrected chi connectivity index (χ1v) is 11.8. The number of rotatable bonds is 9. The third-order valence-electron chi connectivity index (χ3n) is 5.61. The van der Waals surface area contributed by atoms with Gasteiger partial charge < -0.3 is 19.9 Å². The lowest BCUT2D eigenvalue weighted by Crippen LogP contribution is -2.25. The van der Waals surface area contributed by atoms with E-state index in [9.17, 15) is 19.1 Å². The number of esters is 1. The highest BCUT2D eigenvalue weighted by Crippen LogP contribution is 2.34. The van der Waals surface area contributed by atoms with Crippen molar-refractivity contribution >= 4 is 17.6 Å². The van der Waals surface area contributed by atoms with Crippen molar-refractivity contribution in [3.8, 4) is 17.2 Å². The van der Waals surface area contributed by atoms with Gasteiger partial charge in [0.05, 0.1) is 6.61 Å². The van der Waals surface area contributed by atoms with Crippen molar-refractivity contribution in [3.63, 3.8) is 0 Å². The maximum atomic E-state index is 13.2. The van der Waals surface area contributed by atoms with Crippen LogP contribution in [0.1, 0.15) is 36.1 Å². The summed E-state index contributed by atoms with van der Waals surface area (Å²) in [4.78, 5) is 25.7. The molecule has 7 nitrogen and oxygen atoms in total. The van der Waals surface area contributed by atoms with Crippen LogP contribution < -0.4 is 10.1 Å². The molecule has 0 aliphatic heterocycles. The summed E-state index contributed by atoms with van der Waals surface area (Å²) in [6.45, 7) is 9.28. The fourth-order valence-electron chi connectivity index (χ4n) is 3.80.